The first-order chi connectivity index (χ1) is 11.7. The van der Waals surface area contributed by atoms with E-state index in [1.165, 1.54) is 42.8 Å². The Morgan fingerprint density at radius 1 is 1.04 bits per heavy atom. The van der Waals surface area contributed by atoms with Crippen molar-refractivity contribution in [3.8, 4) is 0 Å². The molecule has 2 aromatic heterocycles. The summed E-state index contributed by atoms with van der Waals surface area (Å²) < 4.78 is 2.18. The fourth-order valence-corrected chi connectivity index (χ4v) is 3.52. The van der Waals surface area contributed by atoms with Crippen molar-refractivity contribution in [2.24, 2.45) is 0 Å². The Balaban J connectivity index is 1.73. The molecule has 0 unspecified atom stereocenters. The van der Waals surface area contributed by atoms with E-state index in [9.17, 15) is 0 Å². The van der Waals surface area contributed by atoms with Crippen molar-refractivity contribution in [2.75, 3.05) is 18.8 Å². The van der Waals surface area contributed by atoms with Crippen molar-refractivity contribution >= 4 is 11.3 Å². The van der Waals surface area contributed by atoms with Crippen molar-refractivity contribution in [2.45, 2.75) is 32.7 Å². The van der Waals surface area contributed by atoms with Gasteiger partial charge in [-0.15, -0.1) is 0 Å². The molecule has 4 nitrogen and oxygen atoms in total. The maximum Gasteiger partial charge on any atom is 0.137 e. The third-order valence-corrected chi connectivity index (χ3v) is 4.89. The minimum absolute atomic E-state index is 0.782. The molecular formula is C20H24N4. The number of likely N-dealkylation sites (tertiary alicyclic amines) is 1. The van der Waals surface area contributed by atoms with Gasteiger partial charge in [0.1, 0.15) is 5.65 Å². The molecule has 0 atom stereocenters. The third kappa shape index (κ3) is 3.02. The van der Waals surface area contributed by atoms with Crippen LogP contribution < -0.4 is 5.73 Å². The SMILES string of the molecule is Cc1ccc(Cc2nc3ccc(N)cn3c2CN2CCCC2)cc1. The predicted molar refractivity (Wildman–Crippen MR) is 98.1 cm³/mol. The molecular weight excluding hydrogens is 296 g/mol. The lowest BCUT2D eigenvalue weighted by Crippen LogP contribution is -2.20. The number of nitrogens with zero attached hydrogens (tertiary/aromatic N) is 3. The minimum atomic E-state index is 0.782. The zero-order chi connectivity index (χ0) is 16.5. The molecule has 0 radical (unpaired) electrons. The van der Waals surface area contributed by atoms with Crippen LogP contribution in [0.25, 0.3) is 5.65 Å². The Labute approximate surface area is 142 Å². The van der Waals surface area contributed by atoms with E-state index < -0.39 is 0 Å². The van der Waals surface area contributed by atoms with Crippen LogP contribution in [0, 0.1) is 6.92 Å². The summed E-state index contributed by atoms with van der Waals surface area (Å²) in [5, 5.41) is 0. The molecule has 1 fully saturated rings. The van der Waals surface area contributed by atoms with Crippen LogP contribution in [-0.4, -0.2) is 27.4 Å². The number of fused-ring (bicyclic) bond motifs is 1. The van der Waals surface area contributed by atoms with Gasteiger partial charge in [0.2, 0.25) is 0 Å². The van der Waals surface area contributed by atoms with Crippen LogP contribution in [0.2, 0.25) is 0 Å². The molecule has 3 heterocycles. The average Bonchev–Trinajstić information content (AvgIpc) is 3.19. The van der Waals surface area contributed by atoms with Crippen LogP contribution in [0.5, 0.6) is 0 Å². The molecule has 0 aliphatic carbocycles. The summed E-state index contributed by atoms with van der Waals surface area (Å²) in [6.45, 7) is 5.43. The highest BCUT2D eigenvalue weighted by molar-refractivity contribution is 5.51. The number of nitrogen functional groups attached to an aromatic ring is 1. The first-order valence-corrected chi connectivity index (χ1v) is 8.72. The van der Waals surface area contributed by atoms with E-state index in [1.54, 1.807) is 0 Å². The number of pyridine rings is 1. The number of hydrogen-bond donors (Lipinski definition) is 1. The van der Waals surface area contributed by atoms with E-state index in [-0.39, 0.29) is 0 Å². The molecule has 4 heteroatoms. The highest BCUT2D eigenvalue weighted by Gasteiger charge is 2.18. The Kier molecular flexibility index (Phi) is 3.98. The summed E-state index contributed by atoms with van der Waals surface area (Å²) in [5.41, 5.74) is 12.8. The lowest BCUT2D eigenvalue weighted by atomic mass is 10.1. The molecule has 24 heavy (non-hydrogen) atoms. The van der Waals surface area contributed by atoms with Crippen LogP contribution in [0.1, 0.15) is 35.4 Å². The third-order valence-electron chi connectivity index (χ3n) is 4.89. The second-order valence-electron chi connectivity index (χ2n) is 6.84. The highest BCUT2D eigenvalue weighted by atomic mass is 15.2. The standard InChI is InChI=1S/C20H24N4/c1-15-4-6-16(7-5-15)12-18-19(14-23-10-2-3-11-23)24-13-17(21)8-9-20(24)22-18/h4-9,13H,2-3,10-12,14,21H2,1H3. The largest absolute Gasteiger partial charge is 0.398 e. The number of imidazole rings is 1. The van der Waals surface area contributed by atoms with E-state index in [1.807, 2.05) is 18.3 Å². The lowest BCUT2D eigenvalue weighted by Gasteiger charge is -2.15. The fourth-order valence-electron chi connectivity index (χ4n) is 3.52. The van der Waals surface area contributed by atoms with Gasteiger partial charge in [-0.1, -0.05) is 29.8 Å². The van der Waals surface area contributed by atoms with Crippen molar-refractivity contribution in [3.05, 3.63) is 65.1 Å². The number of aromatic nitrogens is 2. The van der Waals surface area contributed by atoms with Gasteiger partial charge in [-0.05, 0) is 50.6 Å². The van der Waals surface area contributed by atoms with Crippen LogP contribution in [-0.2, 0) is 13.0 Å². The molecule has 0 bridgehead atoms. The van der Waals surface area contributed by atoms with Crippen LogP contribution in [0.15, 0.2) is 42.6 Å². The number of aryl methyl sites for hydroxylation is 1. The topological polar surface area (TPSA) is 46.6 Å². The first-order valence-electron chi connectivity index (χ1n) is 8.72. The quantitative estimate of drug-likeness (QED) is 0.801. The zero-order valence-corrected chi connectivity index (χ0v) is 14.2. The Morgan fingerprint density at radius 3 is 2.54 bits per heavy atom. The molecule has 4 rings (SSSR count). The van der Waals surface area contributed by atoms with E-state index in [2.05, 4.69) is 40.5 Å². The van der Waals surface area contributed by atoms with E-state index in [0.717, 1.165) is 30.0 Å². The molecule has 124 valence electrons. The summed E-state index contributed by atoms with van der Waals surface area (Å²) in [6, 6.07) is 12.7. The van der Waals surface area contributed by atoms with E-state index in [4.69, 9.17) is 10.7 Å². The van der Waals surface area contributed by atoms with Gasteiger partial charge in [0, 0.05) is 24.8 Å². The van der Waals surface area contributed by atoms with Crippen molar-refractivity contribution in [1.29, 1.82) is 0 Å². The Bertz CT molecular complexity index is 842. The van der Waals surface area contributed by atoms with Gasteiger partial charge in [0.15, 0.2) is 0 Å². The maximum absolute atomic E-state index is 6.02. The highest BCUT2D eigenvalue weighted by Crippen LogP contribution is 2.22. The minimum Gasteiger partial charge on any atom is -0.398 e. The number of nitrogens with two attached hydrogens (primary N) is 1. The van der Waals surface area contributed by atoms with Gasteiger partial charge in [0.05, 0.1) is 11.4 Å². The molecule has 0 amide bonds. The summed E-state index contributed by atoms with van der Waals surface area (Å²) in [7, 11) is 0. The number of hydrogen-bond acceptors (Lipinski definition) is 3. The predicted octanol–water partition coefficient (Wildman–Crippen LogP) is 3.41. The molecule has 1 aliphatic rings. The average molecular weight is 320 g/mol. The number of rotatable bonds is 4. The molecule has 2 N–H and O–H groups in total. The zero-order valence-electron chi connectivity index (χ0n) is 14.2. The number of benzene rings is 1. The normalized spacial score (nSPS) is 15.4. The van der Waals surface area contributed by atoms with E-state index >= 15 is 0 Å². The van der Waals surface area contributed by atoms with Crippen LogP contribution in [0.3, 0.4) is 0 Å². The van der Waals surface area contributed by atoms with Gasteiger partial charge in [-0.2, -0.15) is 0 Å². The van der Waals surface area contributed by atoms with Gasteiger partial charge in [-0.3, -0.25) is 4.90 Å². The van der Waals surface area contributed by atoms with Crippen LogP contribution >= 0.6 is 0 Å². The second kappa shape index (κ2) is 6.29. The van der Waals surface area contributed by atoms with Crippen molar-refractivity contribution in [3.63, 3.8) is 0 Å². The molecule has 0 saturated carbocycles. The monoisotopic (exact) mass is 320 g/mol. The first kappa shape index (κ1) is 15.2. The summed E-state index contributed by atoms with van der Waals surface area (Å²) in [6.07, 6.45) is 5.47. The van der Waals surface area contributed by atoms with Crippen molar-refractivity contribution in [1.82, 2.24) is 14.3 Å². The molecule has 3 aromatic rings. The molecule has 1 aliphatic heterocycles. The smallest absolute Gasteiger partial charge is 0.137 e. The van der Waals surface area contributed by atoms with Gasteiger partial charge in [0.25, 0.3) is 0 Å². The molecule has 1 aromatic carbocycles. The molecule has 0 spiro atoms. The second-order valence-corrected chi connectivity index (χ2v) is 6.84. The fraction of sp³-hybridized carbons (Fsp3) is 0.350. The molecule has 1 saturated heterocycles. The summed E-state index contributed by atoms with van der Waals surface area (Å²) >= 11 is 0. The van der Waals surface area contributed by atoms with Gasteiger partial charge >= 0.3 is 0 Å². The lowest BCUT2D eigenvalue weighted by molar-refractivity contribution is 0.325. The van der Waals surface area contributed by atoms with Gasteiger partial charge < -0.3 is 10.1 Å². The summed E-state index contributed by atoms with van der Waals surface area (Å²) in [4.78, 5) is 7.41. The van der Waals surface area contributed by atoms with Crippen molar-refractivity contribution < 1.29 is 0 Å². The summed E-state index contributed by atoms with van der Waals surface area (Å²) in [5.74, 6) is 0. The van der Waals surface area contributed by atoms with E-state index in [0.29, 0.717) is 0 Å². The Morgan fingerprint density at radius 2 is 1.79 bits per heavy atom. The Hall–Kier alpha value is -2.33. The number of anilines is 1. The maximum atomic E-state index is 6.02. The van der Waals surface area contributed by atoms with Crippen LogP contribution in [0.4, 0.5) is 5.69 Å². The van der Waals surface area contributed by atoms with Gasteiger partial charge in [-0.25, -0.2) is 4.98 Å².